The summed E-state index contributed by atoms with van der Waals surface area (Å²) in [4.78, 5) is 28.6. The second kappa shape index (κ2) is 8.17. The molecule has 1 saturated carbocycles. The van der Waals surface area contributed by atoms with Crippen molar-refractivity contribution in [2.24, 2.45) is 7.05 Å². The summed E-state index contributed by atoms with van der Waals surface area (Å²) in [6.45, 7) is 4.34. The maximum absolute atomic E-state index is 13.5. The molecule has 2 aromatic rings. The number of benzene rings is 1. The van der Waals surface area contributed by atoms with Gasteiger partial charge < -0.3 is 19.5 Å². The van der Waals surface area contributed by atoms with Crippen molar-refractivity contribution in [3.63, 3.8) is 0 Å². The van der Waals surface area contributed by atoms with Crippen LogP contribution in [-0.2, 0) is 18.4 Å². The van der Waals surface area contributed by atoms with E-state index in [-0.39, 0.29) is 17.9 Å². The van der Waals surface area contributed by atoms with Crippen LogP contribution >= 0.6 is 0 Å². The molecule has 6 heteroatoms. The van der Waals surface area contributed by atoms with E-state index in [1.807, 2.05) is 49.7 Å². The van der Waals surface area contributed by atoms with Crippen LogP contribution < -0.4 is 10.1 Å². The van der Waals surface area contributed by atoms with E-state index in [2.05, 4.69) is 5.32 Å². The number of aromatic nitrogens is 1. The number of hydrogen-bond donors (Lipinski definition) is 1. The molecule has 0 radical (unpaired) electrons. The molecule has 1 aromatic heterocycles. The number of fused-ring (bicyclic) bond motifs is 1. The number of nitrogens with one attached hydrogen (secondary N) is 1. The average Bonchev–Trinajstić information content (AvgIpc) is 3.16. The molecule has 1 aliphatic heterocycles. The number of amides is 2. The van der Waals surface area contributed by atoms with Gasteiger partial charge in [-0.15, -0.1) is 0 Å². The number of nitrogens with zero attached hydrogens (tertiary/aromatic N) is 2. The molecule has 1 atom stereocenters. The van der Waals surface area contributed by atoms with E-state index in [4.69, 9.17) is 4.74 Å². The van der Waals surface area contributed by atoms with Crippen molar-refractivity contribution in [1.29, 1.82) is 0 Å². The Kier molecular flexibility index (Phi) is 5.58. The first kappa shape index (κ1) is 20.5. The Hall–Kier alpha value is -2.76. The highest BCUT2D eigenvalue weighted by Gasteiger charge is 2.45. The minimum Gasteiger partial charge on any atom is -0.497 e. The first-order chi connectivity index (χ1) is 14.4. The number of carbonyl (C=O) groups excluding carboxylic acids is 2. The van der Waals surface area contributed by atoms with Crippen molar-refractivity contribution >= 4 is 11.8 Å². The lowest BCUT2D eigenvalue weighted by Gasteiger charge is -2.29. The Morgan fingerprint density at radius 1 is 1.10 bits per heavy atom. The minimum atomic E-state index is -0.587. The van der Waals surface area contributed by atoms with Gasteiger partial charge in [0.05, 0.1) is 12.7 Å². The van der Waals surface area contributed by atoms with Crippen molar-refractivity contribution in [3.8, 4) is 5.75 Å². The number of carbonyl (C=O) groups is 2. The highest BCUT2D eigenvalue weighted by Crippen LogP contribution is 2.40. The zero-order chi connectivity index (χ0) is 21.4. The van der Waals surface area contributed by atoms with Gasteiger partial charge in [0.15, 0.2) is 0 Å². The van der Waals surface area contributed by atoms with Crippen LogP contribution in [0.2, 0.25) is 0 Å². The van der Waals surface area contributed by atoms with Crippen molar-refractivity contribution in [3.05, 3.63) is 52.3 Å². The highest BCUT2D eigenvalue weighted by atomic mass is 16.5. The standard InChI is InChI=1S/C24H31N3O3/c1-15-20-21(16(2)26(15)3)24(29)27(14-17-10-12-19(30-4)13-11-17)22(20)23(28)25-18-8-6-5-7-9-18/h10-13,18,22H,5-9,14H2,1-4H3,(H,25,28). The summed E-state index contributed by atoms with van der Waals surface area (Å²) in [5.74, 6) is 0.649. The summed E-state index contributed by atoms with van der Waals surface area (Å²) in [7, 11) is 3.59. The van der Waals surface area contributed by atoms with Crippen LogP contribution in [0, 0.1) is 13.8 Å². The third-order valence-corrected chi connectivity index (χ3v) is 6.80. The number of methoxy groups -OCH3 is 1. The summed E-state index contributed by atoms with van der Waals surface area (Å²) in [6, 6.07) is 7.29. The lowest BCUT2D eigenvalue weighted by molar-refractivity contribution is -0.126. The van der Waals surface area contributed by atoms with E-state index in [0.717, 1.165) is 53.9 Å². The lowest BCUT2D eigenvalue weighted by Crippen LogP contribution is -2.44. The van der Waals surface area contributed by atoms with Crippen LogP contribution in [0.3, 0.4) is 0 Å². The van der Waals surface area contributed by atoms with Crippen LogP contribution in [0.15, 0.2) is 24.3 Å². The van der Waals surface area contributed by atoms with Gasteiger partial charge in [0, 0.05) is 36.6 Å². The molecule has 2 heterocycles. The van der Waals surface area contributed by atoms with Gasteiger partial charge in [-0.1, -0.05) is 31.4 Å². The molecule has 4 rings (SSSR count). The van der Waals surface area contributed by atoms with E-state index in [1.54, 1.807) is 12.0 Å². The van der Waals surface area contributed by atoms with E-state index in [0.29, 0.717) is 12.1 Å². The number of rotatable bonds is 5. The number of ether oxygens (including phenoxy) is 1. The molecule has 160 valence electrons. The van der Waals surface area contributed by atoms with Gasteiger partial charge in [0.1, 0.15) is 11.8 Å². The Morgan fingerprint density at radius 3 is 2.40 bits per heavy atom. The van der Waals surface area contributed by atoms with Gasteiger partial charge >= 0.3 is 0 Å². The average molecular weight is 410 g/mol. The van der Waals surface area contributed by atoms with E-state index < -0.39 is 6.04 Å². The molecule has 1 unspecified atom stereocenters. The second-order valence-electron chi connectivity index (χ2n) is 8.55. The Bertz CT molecular complexity index is 955. The van der Waals surface area contributed by atoms with Gasteiger partial charge in [0.25, 0.3) is 5.91 Å². The fourth-order valence-electron chi connectivity index (χ4n) is 4.89. The number of hydrogen-bond acceptors (Lipinski definition) is 3. The monoisotopic (exact) mass is 409 g/mol. The molecule has 2 amide bonds. The summed E-state index contributed by atoms with van der Waals surface area (Å²) in [6.07, 6.45) is 5.58. The molecule has 1 aromatic carbocycles. The van der Waals surface area contributed by atoms with E-state index in [1.165, 1.54) is 6.42 Å². The molecular weight excluding hydrogens is 378 g/mol. The fraction of sp³-hybridized carbons (Fsp3) is 0.500. The zero-order valence-corrected chi connectivity index (χ0v) is 18.3. The molecule has 0 bridgehead atoms. The van der Waals surface area contributed by atoms with Gasteiger partial charge in [0.2, 0.25) is 5.91 Å². The van der Waals surface area contributed by atoms with Crippen LogP contribution in [0.4, 0.5) is 0 Å². The van der Waals surface area contributed by atoms with Gasteiger partial charge in [-0.05, 0) is 44.4 Å². The largest absolute Gasteiger partial charge is 0.497 e. The minimum absolute atomic E-state index is 0.0591. The Balaban J connectivity index is 1.66. The molecule has 2 aliphatic rings. The van der Waals surface area contributed by atoms with Gasteiger partial charge in [-0.2, -0.15) is 0 Å². The zero-order valence-electron chi connectivity index (χ0n) is 18.3. The van der Waals surface area contributed by atoms with Crippen molar-refractivity contribution in [2.45, 2.75) is 64.6 Å². The SMILES string of the molecule is COc1ccc(CN2C(=O)c3c(c(C)n(C)c3C)C2C(=O)NC2CCCCC2)cc1. The van der Waals surface area contributed by atoms with E-state index >= 15 is 0 Å². The predicted molar refractivity (Wildman–Crippen MR) is 116 cm³/mol. The molecule has 1 N–H and O–H groups in total. The topological polar surface area (TPSA) is 63.6 Å². The van der Waals surface area contributed by atoms with Crippen molar-refractivity contribution in [2.75, 3.05) is 7.11 Å². The second-order valence-corrected chi connectivity index (χ2v) is 8.55. The van der Waals surface area contributed by atoms with Crippen molar-refractivity contribution < 1.29 is 14.3 Å². The smallest absolute Gasteiger partial charge is 0.257 e. The van der Waals surface area contributed by atoms with Crippen LogP contribution in [0.1, 0.15) is 71.0 Å². The van der Waals surface area contributed by atoms with Gasteiger partial charge in [-0.3, -0.25) is 9.59 Å². The summed E-state index contributed by atoms with van der Waals surface area (Å²) < 4.78 is 7.26. The molecule has 30 heavy (non-hydrogen) atoms. The molecule has 1 fully saturated rings. The van der Waals surface area contributed by atoms with Crippen LogP contribution in [0.5, 0.6) is 5.75 Å². The molecule has 0 spiro atoms. The first-order valence-corrected chi connectivity index (χ1v) is 10.8. The summed E-state index contributed by atoms with van der Waals surface area (Å²) in [5.41, 5.74) is 4.43. The van der Waals surface area contributed by atoms with Crippen LogP contribution in [-0.4, -0.2) is 34.4 Å². The maximum atomic E-state index is 13.5. The lowest BCUT2D eigenvalue weighted by atomic mass is 9.95. The predicted octanol–water partition coefficient (Wildman–Crippen LogP) is 3.80. The van der Waals surface area contributed by atoms with Crippen LogP contribution in [0.25, 0.3) is 0 Å². The normalized spacial score (nSPS) is 19.1. The summed E-state index contributed by atoms with van der Waals surface area (Å²) in [5, 5.41) is 3.25. The third kappa shape index (κ3) is 3.48. The molecule has 0 saturated heterocycles. The third-order valence-electron chi connectivity index (χ3n) is 6.80. The Labute approximate surface area is 178 Å². The van der Waals surface area contributed by atoms with Gasteiger partial charge in [-0.25, -0.2) is 0 Å². The highest BCUT2D eigenvalue weighted by molar-refractivity contribution is 6.06. The molecule has 1 aliphatic carbocycles. The quantitative estimate of drug-likeness (QED) is 0.817. The summed E-state index contributed by atoms with van der Waals surface area (Å²) >= 11 is 0. The fourth-order valence-corrected chi connectivity index (χ4v) is 4.89. The van der Waals surface area contributed by atoms with E-state index in [9.17, 15) is 9.59 Å². The Morgan fingerprint density at radius 2 is 1.77 bits per heavy atom. The first-order valence-electron chi connectivity index (χ1n) is 10.8. The molecular formula is C24H31N3O3. The molecule has 6 nitrogen and oxygen atoms in total. The van der Waals surface area contributed by atoms with Crippen molar-refractivity contribution in [1.82, 2.24) is 14.8 Å². The maximum Gasteiger partial charge on any atom is 0.257 e.